The lowest BCUT2D eigenvalue weighted by Crippen LogP contribution is -2.14. The second-order valence-electron chi connectivity index (χ2n) is 17.4. The van der Waals surface area contributed by atoms with E-state index >= 15 is 0 Å². The van der Waals surface area contributed by atoms with Crippen molar-refractivity contribution in [3.8, 4) is 44.5 Å². The summed E-state index contributed by atoms with van der Waals surface area (Å²) in [6.07, 6.45) is 0. The van der Waals surface area contributed by atoms with Gasteiger partial charge in [-0.1, -0.05) is 206 Å². The number of hydrogen-bond acceptors (Lipinski definition) is 2. The molecule has 0 aliphatic rings. The van der Waals surface area contributed by atoms with Crippen LogP contribution < -0.4 is 9.80 Å². The van der Waals surface area contributed by atoms with Crippen molar-refractivity contribution in [2.24, 2.45) is 0 Å². The summed E-state index contributed by atoms with van der Waals surface area (Å²) in [6, 6.07) is 101. The van der Waals surface area contributed by atoms with Crippen LogP contribution in [0.2, 0.25) is 0 Å². The molecule has 0 N–H and O–H groups in total. The molecular formula is C66H46N2. The highest BCUT2D eigenvalue weighted by molar-refractivity contribution is 6.14. The zero-order valence-electron chi connectivity index (χ0n) is 37.5. The van der Waals surface area contributed by atoms with Crippen molar-refractivity contribution in [1.82, 2.24) is 0 Å². The van der Waals surface area contributed by atoms with Gasteiger partial charge >= 0.3 is 0 Å². The second-order valence-corrected chi connectivity index (χ2v) is 17.4. The summed E-state index contributed by atoms with van der Waals surface area (Å²) >= 11 is 0. The van der Waals surface area contributed by atoms with Crippen molar-refractivity contribution >= 4 is 66.4 Å². The Morgan fingerprint density at radius 1 is 0.176 bits per heavy atom. The van der Waals surface area contributed by atoms with Crippen LogP contribution in [0, 0.1) is 0 Å². The van der Waals surface area contributed by atoms with Gasteiger partial charge in [0.05, 0.1) is 0 Å². The molecule has 0 radical (unpaired) electrons. The lowest BCUT2D eigenvalue weighted by molar-refractivity contribution is 1.25. The van der Waals surface area contributed by atoms with Gasteiger partial charge < -0.3 is 9.80 Å². The van der Waals surface area contributed by atoms with Gasteiger partial charge in [-0.3, -0.25) is 0 Å². The average molecular weight is 867 g/mol. The molecule has 12 rings (SSSR count). The first-order valence-corrected chi connectivity index (χ1v) is 23.3. The zero-order chi connectivity index (χ0) is 45.2. The Bertz CT molecular complexity index is 3610. The van der Waals surface area contributed by atoms with E-state index in [9.17, 15) is 0 Å². The molecule has 2 heteroatoms. The summed E-state index contributed by atoms with van der Waals surface area (Å²) in [5, 5.41) is 7.30. The fraction of sp³-hybridized carbons (Fsp3) is 0. The lowest BCUT2D eigenvalue weighted by atomic mass is 9.92. The highest BCUT2D eigenvalue weighted by Crippen LogP contribution is 2.46. The number of benzene rings is 12. The minimum absolute atomic E-state index is 1.04. The quantitative estimate of drug-likeness (QED) is 0.126. The SMILES string of the molecule is c1ccc(-c2ccc(N(c3ccc(-c4ccccc4)cc3)c3cc(-c4cc5ccccc5c5ccccc45)cc(N(c4ccc(-c5ccccc5)cc4)c4ccc5ccccc5c4)c3)cc2)cc1. The van der Waals surface area contributed by atoms with Crippen LogP contribution >= 0.6 is 0 Å². The average Bonchev–Trinajstić information content (AvgIpc) is 3.42. The van der Waals surface area contributed by atoms with Gasteiger partial charge in [0.2, 0.25) is 0 Å². The Morgan fingerprint density at radius 2 is 0.544 bits per heavy atom. The predicted molar refractivity (Wildman–Crippen MR) is 290 cm³/mol. The van der Waals surface area contributed by atoms with E-state index < -0.39 is 0 Å². The molecule has 12 aromatic carbocycles. The third kappa shape index (κ3) is 7.85. The molecule has 0 aliphatic carbocycles. The molecule has 320 valence electrons. The molecular weight excluding hydrogens is 821 g/mol. The Kier molecular flexibility index (Phi) is 10.6. The Labute approximate surface area is 397 Å². The van der Waals surface area contributed by atoms with Crippen LogP contribution in [0.4, 0.5) is 34.1 Å². The Hall–Kier alpha value is -8.98. The van der Waals surface area contributed by atoms with E-state index in [1.807, 2.05) is 0 Å². The highest BCUT2D eigenvalue weighted by Gasteiger charge is 2.22. The van der Waals surface area contributed by atoms with E-state index in [0.29, 0.717) is 0 Å². The third-order valence-electron chi connectivity index (χ3n) is 13.2. The number of nitrogens with zero attached hydrogens (tertiary/aromatic N) is 2. The number of anilines is 6. The fourth-order valence-electron chi connectivity index (χ4n) is 9.81. The summed E-state index contributed by atoms with van der Waals surface area (Å²) in [4.78, 5) is 4.84. The largest absolute Gasteiger partial charge is 0.310 e. The Balaban J connectivity index is 1.12. The monoisotopic (exact) mass is 866 g/mol. The van der Waals surface area contributed by atoms with Crippen LogP contribution in [0.15, 0.2) is 279 Å². The number of fused-ring (bicyclic) bond motifs is 4. The number of rotatable bonds is 10. The third-order valence-corrected chi connectivity index (χ3v) is 13.2. The zero-order valence-corrected chi connectivity index (χ0v) is 37.5. The van der Waals surface area contributed by atoms with Crippen molar-refractivity contribution in [3.63, 3.8) is 0 Å². The first-order chi connectivity index (χ1) is 33.7. The van der Waals surface area contributed by atoms with Gasteiger partial charge in [0.15, 0.2) is 0 Å². The second kappa shape index (κ2) is 17.8. The van der Waals surface area contributed by atoms with Gasteiger partial charge in [0.1, 0.15) is 0 Å². The molecule has 2 nitrogen and oxygen atoms in total. The summed E-state index contributed by atoms with van der Waals surface area (Å²) < 4.78 is 0. The van der Waals surface area contributed by atoms with E-state index in [2.05, 4.69) is 289 Å². The predicted octanol–water partition coefficient (Wildman–Crippen LogP) is 18.8. The van der Waals surface area contributed by atoms with Crippen molar-refractivity contribution in [2.75, 3.05) is 9.80 Å². The maximum Gasteiger partial charge on any atom is 0.0488 e. The molecule has 0 bridgehead atoms. The van der Waals surface area contributed by atoms with Gasteiger partial charge in [0, 0.05) is 34.1 Å². The van der Waals surface area contributed by atoms with E-state index in [-0.39, 0.29) is 0 Å². The van der Waals surface area contributed by atoms with E-state index in [1.54, 1.807) is 0 Å². The van der Waals surface area contributed by atoms with E-state index in [1.165, 1.54) is 71.3 Å². The van der Waals surface area contributed by atoms with Crippen LogP contribution in [0.25, 0.3) is 76.8 Å². The molecule has 0 aliphatic heterocycles. The molecule has 0 aromatic heterocycles. The maximum absolute atomic E-state index is 2.42. The van der Waals surface area contributed by atoms with E-state index in [0.717, 1.165) is 39.7 Å². The topological polar surface area (TPSA) is 6.48 Å². The van der Waals surface area contributed by atoms with Crippen LogP contribution in [0.1, 0.15) is 0 Å². The normalized spacial score (nSPS) is 11.2. The minimum Gasteiger partial charge on any atom is -0.310 e. The van der Waals surface area contributed by atoms with Crippen LogP contribution in [0.5, 0.6) is 0 Å². The molecule has 0 fully saturated rings. The van der Waals surface area contributed by atoms with Crippen LogP contribution in [-0.2, 0) is 0 Å². The summed E-state index contributed by atoms with van der Waals surface area (Å²) in [5.74, 6) is 0. The van der Waals surface area contributed by atoms with Gasteiger partial charge in [0.25, 0.3) is 0 Å². The minimum atomic E-state index is 1.04. The van der Waals surface area contributed by atoms with Crippen molar-refractivity contribution in [2.45, 2.75) is 0 Å². The van der Waals surface area contributed by atoms with Gasteiger partial charge in [-0.05, 0) is 150 Å². The standard InChI is InChI=1S/C66H46N2/c1-4-16-47(17-5-1)51-28-35-57(36-29-51)67(58-37-30-52(31-38-58)48-18-6-2-7-19-48)61-43-56(66-45-55-24-12-13-25-63(55)64-26-14-15-27-65(64)66)44-62(46-61)68(60-41-34-50-22-10-11-23-54(50)42-60)59-39-32-53(33-40-59)49-20-8-3-9-21-49/h1-46H. The summed E-state index contributed by atoms with van der Waals surface area (Å²) in [5.41, 5.74) is 15.8. The van der Waals surface area contributed by atoms with Crippen molar-refractivity contribution < 1.29 is 0 Å². The summed E-state index contributed by atoms with van der Waals surface area (Å²) in [6.45, 7) is 0. The molecule has 68 heavy (non-hydrogen) atoms. The van der Waals surface area contributed by atoms with Gasteiger partial charge in [-0.2, -0.15) is 0 Å². The molecule has 0 saturated carbocycles. The molecule has 0 heterocycles. The molecule has 0 saturated heterocycles. The number of hydrogen-bond donors (Lipinski definition) is 0. The molecule has 0 spiro atoms. The van der Waals surface area contributed by atoms with Crippen LogP contribution in [0.3, 0.4) is 0 Å². The van der Waals surface area contributed by atoms with Crippen molar-refractivity contribution in [1.29, 1.82) is 0 Å². The maximum atomic E-state index is 2.42. The van der Waals surface area contributed by atoms with Crippen molar-refractivity contribution in [3.05, 3.63) is 279 Å². The highest BCUT2D eigenvalue weighted by atomic mass is 15.2. The smallest absolute Gasteiger partial charge is 0.0488 e. The van der Waals surface area contributed by atoms with E-state index in [4.69, 9.17) is 0 Å². The molecule has 0 amide bonds. The van der Waals surface area contributed by atoms with Gasteiger partial charge in [-0.25, -0.2) is 0 Å². The molecule has 12 aromatic rings. The Morgan fingerprint density at radius 3 is 1.04 bits per heavy atom. The molecule has 0 atom stereocenters. The lowest BCUT2D eigenvalue weighted by Gasteiger charge is -2.31. The first-order valence-electron chi connectivity index (χ1n) is 23.3. The summed E-state index contributed by atoms with van der Waals surface area (Å²) in [7, 11) is 0. The molecule has 0 unspecified atom stereocenters. The first kappa shape index (κ1) is 40.5. The fourth-order valence-corrected chi connectivity index (χ4v) is 9.81. The van der Waals surface area contributed by atoms with Gasteiger partial charge in [-0.15, -0.1) is 0 Å². The van der Waals surface area contributed by atoms with Crippen LogP contribution in [-0.4, -0.2) is 0 Å².